The zero-order valence-electron chi connectivity index (χ0n) is 11.2. The standard InChI is InChI=1S/C13H21N3O2/c1-15(2)12-6-4-5-11(9-12)10-14-13(18)16(3)7-8-17/h4-6,9,17H,7-8,10H2,1-3H3,(H,14,18). The SMILES string of the molecule is CN(CCO)C(=O)NCc1cccc(N(C)C)c1. The number of aliphatic hydroxyl groups is 1. The molecule has 5 nitrogen and oxygen atoms in total. The van der Waals surface area contributed by atoms with Crippen molar-refractivity contribution in [1.82, 2.24) is 10.2 Å². The number of carbonyl (C=O) groups is 1. The van der Waals surface area contributed by atoms with Gasteiger partial charge in [0.1, 0.15) is 0 Å². The van der Waals surface area contributed by atoms with Crippen LogP contribution in [-0.4, -0.2) is 50.3 Å². The van der Waals surface area contributed by atoms with Gasteiger partial charge >= 0.3 is 6.03 Å². The third kappa shape index (κ3) is 4.25. The molecule has 1 aromatic rings. The molecule has 1 aromatic carbocycles. The predicted octanol–water partition coefficient (Wildman–Crippen LogP) is 0.886. The number of hydrogen-bond donors (Lipinski definition) is 2. The van der Waals surface area contributed by atoms with Crippen LogP contribution in [0, 0.1) is 0 Å². The summed E-state index contributed by atoms with van der Waals surface area (Å²) < 4.78 is 0. The van der Waals surface area contributed by atoms with Crippen LogP contribution in [0.2, 0.25) is 0 Å². The molecule has 1 rings (SSSR count). The molecule has 18 heavy (non-hydrogen) atoms. The molecule has 0 aliphatic carbocycles. The van der Waals surface area contributed by atoms with Crippen molar-refractivity contribution < 1.29 is 9.90 Å². The van der Waals surface area contributed by atoms with Gasteiger partial charge in [-0.2, -0.15) is 0 Å². The van der Waals surface area contributed by atoms with Gasteiger partial charge in [-0.15, -0.1) is 0 Å². The fourth-order valence-corrected chi connectivity index (χ4v) is 1.51. The number of amides is 2. The summed E-state index contributed by atoms with van der Waals surface area (Å²) >= 11 is 0. The van der Waals surface area contributed by atoms with Gasteiger partial charge in [-0.3, -0.25) is 0 Å². The van der Waals surface area contributed by atoms with E-state index >= 15 is 0 Å². The molecule has 0 aromatic heterocycles. The van der Waals surface area contributed by atoms with Gasteiger partial charge in [-0.1, -0.05) is 12.1 Å². The molecular weight excluding hydrogens is 230 g/mol. The van der Waals surface area contributed by atoms with Gasteiger partial charge in [-0.25, -0.2) is 4.79 Å². The van der Waals surface area contributed by atoms with Crippen LogP contribution in [0.3, 0.4) is 0 Å². The number of anilines is 1. The second-order valence-corrected chi connectivity index (χ2v) is 4.37. The lowest BCUT2D eigenvalue weighted by molar-refractivity contribution is 0.190. The lowest BCUT2D eigenvalue weighted by Gasteiger charge is -2.17. The molecule has 0 saturated carbocycles. The number of likely N-dealkylation sites (N-methyl/N-ethyl adjacent to an activating group) is 1. The third-order valence-corrected chi connectivity index (χ3v) is 2.65. The second kappa shape index (κ2) is 6.86. The number of hydrogen-bond acceptors (Lipinski definition) is 3. The van der Waals surface area contributed by atoms with Crippen molar-refractivity contribution in [3.63, 3.8) is 0 Å². The molecule has 0 unspecified atom stereocenters. The summed E-state index contributed by atoms with van der Waals surface area (Å²) in [6, 6.07) is 7.81. The van der Waals surface area contributed by atoms with E-state index in [1.165, 1.54) is 4.90 Å². The van der Waals surface area contributed by atoms with E-state index in [0.29, 0.717) is 13.1 Å². The molecule has 0 radical (unpaired) electrons. The Morgan fingerprint density at radius 3 is 2.67 bits per heavy atom. The molecule has 100 valence electrons. The molecule has 0 spiro atoms. The number of carbonyl (C=O) groups excluding carboxylic acids is 1. The maximum atomic E-state index is 11.6. The smallest absolute Gasteiger partial charge is 0.317 e. The molecule has 5 heteroatoms. The van der Waals surface area contributed by atoms with Crippen LogP contribution in [0.15, 0.2) is 24.3 Å². The zero-order chi connectivity index (χ0) is 13.5. The Kier molecular flexibility index (Phi) is 5.45. The minimum Gasteiger partial charge on any atom is -0.395 e. The van der Waals surface area contributed by atoms with E-state index in [4.69, 9.17) is 5.11 Å². The van der Waals surface area contributed by atoms with E-state index < -0.39 is 0 Å². The fraction of sp³-hybridized carbons (Fsp3) is 0.462. The molecule has 0 heterocycles. The minimum atomic E-state index is -0.181. The Bertz CT molecular complexity index is 394. The van der Waals surface area contributed by atoms with Crippen molar-refractivity contribution in [1.29, 1.82) is 0 Å². The molecule has 0 atom stereocenters. The molecule has 2 amide bonds. The van der Waals surface area contributed by atoms with Crippen LogP contribution in [0.5, 0.6) is 0 Å². The van der Waals surface area contributed by atoms with Gasteiger partial charge in [0.2, 0.25) is 0 Å². The largest absolute Gasteiger partial charge is 0.395 e. The zero-order valence-corrected chi connectivity index (χ0v) is 11.2. The summed E-state index contributed by atoms with van der Waals surface area (Å²) in [5, 5.41) is 11.5. The van der Waals surface area contributed by atoms with Gasteiger partial charge in [0.05, 0.1) is 6.61 Å². The molecular formula is C13H21N3O2. The predicted molar refractivity (Wildman–Crippen MR) is 72.7 cm³/mol. The first-order valence-electron chi connectivity index (χ1n) is 5.90. The van der Waals surface area contributed by atoms with Crippen LogP contribution < -0.4 is 10.2 Å². The molecule has 2 N–H and O–H groups in total. The van der Waals surface area contributed by atoms with Crippen LogP contribution in [0.25, 0.3) is 0 Å². The van der Waals surface area contributed by atoms with E-state index in [1.807, 2.05) is 43.3 Å². The summed E-state index contributed by atoms with van der Waals surface area (Å²) in [7, 11) is 5.61. The number of aliphatic hydroxyl groups excluding tert-OH is 1. The Morgan fingerprint density at radius 1 is 1.33 bits per heavy atom. The van der Waals surface area contributed by atoms with E-state index in [2.05, 4.69) is 5.32 Å². The highest BCUT2D eigenvalue weighted by atomic mass is 16.3. The number of benzene rings is 1. The van der Waals surface area contributed by atoms with Gasteiger partial charge in [0.15, 0.2) is 0 Å². The van der Waals surface area contributed by atoms with Gasteiger partial charge in [0, 0.05) is 39.9 Å². The Morgan fingerprint density at radius 2 is 2.06 bits per heavy atom. The number of nitrogens with zero attached hydrogens (tertiary/aromatic N) is 2. The number of rotatable bonds is 5. The molecule has 0 aliphatic heterocycles. The average Bonchev–Trinajstić information content (AvgIpc) is 2.36. The van der Waals surface area contributed by atoms with E-state index in [-0.39, 0.29) is 12.6 Å². The lowest BCUT2D eigenvalue weighted by atomic mass is 10.2. The van der Waals surface area contributed by atoms with Crippen LogP contribution in [0.1, 0.15) is 5.56 Å². The summed E-state index contributed by atoms with van der Waals surface area (Å²) in [6.07, 6.45) is 0. The van der Waals surface area contributed by atoms with Crippen molar-refractivity contribution in [2.75, 3.05) is 39.2 Å². The first-order chi connectivity index (χ1) is 8.54. The fourth-order valence-electron chi connectivity index (χ4n) is 1.51. The van der Waals surface area contributed by atoms with Gasteiger partial charge < -0.3 is 20.2 Å². The third-order valence-electron chi connectivity index (χ3n) is 2.65. The van der Waals surface area contributed by atoms with Gasteiger partial charge in [-0.05, 0) is 17.7 Å². The van der Waals surface area contributed by atoms with E-state index in [9.17, 15) is 4.79 Å². The van der Waals surface area contributed by atoms with E-state index in [1.54, 1.807) is 7.05 Å². The summed E-state index contributed by atoms with van der Waals surface area (Å²) in [5.41, 5.74) is 2.15. The monoisotopic (exact) mass is 251 g/mol. The molecule has 0 fully saturated rings. The number of urea groups is 1. The molecule has 0 bridgehead atoms. The lowest BCUT2D eigenvalue weighted by Crippen LogP contribution is -2.38. The average molecular weight is 251 g/mol. The van der Waals surface area contributed by atoms with Crippen molar-refractivity contribution in [3.05, 3.63) is 29.8 Å². The van der Waals surface area contributed by atoms with E-state index in [0.717, 1.165) is 11.3 Å². The van der Waals surface area contributed by atoms with Crippen LogP contribution >= 0.6 is 0 Å². The maximum Gasteiger partial charge on any atom is 0.317 e. The Labute approximate surface area is 108 Å². The number of nitrogens with one attached hydrogen (secondary N) is 1. The summed E-state index contributed by atoms with van der Waals surface area (Å²) in [5.74, 6) is 0. The quantitative estimate of drug-likeness (QED) is 0.817. The Balaban J connectivity index is 2.53. The maximum absolute atomic E-state index is 11.6. The highest BCUT2D eigenvalue weighted by molar-refractivity contribution is 5.73. The first-order valence-corrected chi connectivity index (χ1v) is 5.90. The highest BCUT2D eigenvalue weighted by Crippen LogP contribution is 2.13. The molecule has 0 saturated heterocycles. The first kappa shape index (κ1) is 14.3. The van der Waals surface area contributed by atoms with Crippen molar-refractivity contribution >= 4 is 11.7 Å². The van der Waals surface area contributed by atoms with Crippen molar-refractivity contribution in [2.45, 2.75) is 6.54 Å². The Hall–Kier alpha value is -1.75. The van der Waals surface area contributed by atoms with Crippen molar-refractivity contribution in [3.8, 4) is 0 Å². The summed E-state index contributed by atoms with van der Waals surface area (Å²) in [6.45, 7) is 0.792. The molecule has 0 aliphatic rings. The van der Waals surface area contributed by atoms with Gasteiger partial charge in [0.25, 0.3) is 0 Å². The normalized spacial score (nSPS) is 10.0. The summed E-state index contributed by atoms with van der Waals surface area (Å²) in [4.78, 5) is 15.1. The highest BCUT2D eigenvalue weighted by Gasteiger charge is 2.07. The van der Waals surface area contributed by atoms with Crippen LogP contribution in [-0.2, 0) is 6.54 Å². The van der Waals surface area contributed by atoms with Crippen LogP contribution in [0.4, 0.5) is 10.5 Å². The second-order valence-electron chi connectivity index (χ2n) is 4.37. The minimum absolute atomic E-state index is 0.0277. The van der Waals surface area contributed by atoms with Crippen molar-refractivity contribution in [2.24, 2.45) is 0 Å². The topological polar surface area (TPSA) is 55.8 Å².